The van der Waals surface area contributed by atoms with Gasteiger partial charge in [-0.1, -0.05) is 150 Å². The number of rotatable bonds is 31. The van der Waals surface area contributed by atoms with Crippen molar-refractivity contribution in [1.82, 2.24) is 0 Å². The van der Waals surface area contributed by atoms with Crippen LogP contribution in [0.2, 0.25) is 0 Å². The maximum Gasteiger partial charge on any atom is 0.0566 e. The molecule has 0 amide bonds. The first kappa shape index (κ1) is 51.1. The van der Waals surface area contributed by atoms with Gasteiger partial charge in [0.1, 0.15) is 0 Å². The van der Waals surface area contributed by atoms with E-state index < -0.39 is 0 Å². The number of hydrogen-bond acceptors (Lipinski definition) is 6. The molecule has 6 aromatic rings. The Morgan fingerprint density at radius 1 is 0.357 bits per heavy atom. The molecule has 70 heavy (non-hydrogen) atoms. The Labute approximate surface area is 421 Å². The van der Waals surface area contributed by atoms with Crippen LogP contribution >= 0.6 is 0 Å². The standard InChI is InChI=1S/C64H80N2O4/c1-3-63(49-69-50-63)47-67-45-21-11-7-5-9-15-23-53-29-37-59(38-30-53)65(57-25-17-13-18-26-57)61-41-33-55(34-42-61)56-35-43-62(44-36-56)66(58-27-19-14-20-28-58)60-39-31-54(32-40-60)24-16-10-6-8-12-22-46-68-48-64(4-2)51-70-52-64/h13-14,17-20,25-44H,3-12,15-16,21-24,45-52H2,1-2H3. The van der Waals surface area contributed by atoms with Crippen LogP contribution in [0.15, 0.2) is 158 Å². The third kappa shape index (κ3) is 14.4. The van der Waals surface area contributed by atoms with Crippen molar-refractivity contribution in [2.24, 2.45) is 10.8 Å². The molecule has 6 nitrogen and oxygen atoms in total. The summed E-state index contributed by atoms with van der Waals surface area (Å²) in [4.78, 5) is 4.72. The Morgan fingerprint density at radius 2 is 0.657 bits per heavy atom. The first-order valence-corrected chi connectivity index (χ1v) is 27.0. The molecular weight excluding hydrogens is 861 g/mol. The number of ether oxygens (including phenoxy) is 4. The molecule has 0 bridgehead atoms. The molecule has 2 fully saturated rings. The first-order valence-electron chi connectivity index (χ1n) is 27.0. The Hall–Kier alpha value is -5.24. The largest absolute Gasteiger partial charge is 0.381 e. The van der Waals surface area contributed by atoms with Crippen molar-refractivity contribution < 1.29 is 18.9 Å². The maximum absolute atomic E-state index is 6.00. The van der Waals surface area contributed by atoms with E-state index in [2.05, 4.69) is 181 Å². The van der Waals surface area contributed by atoms with Crippen LogP contribution in [0.25, 0.3) is 11.1 Å². The zero-order chi connectivity index (χ0) is 48.1. The number of anilines is 6. The molecule has 370 valence electrons. The number of aryl methyl sites for hydroxylation is 2. The van der Waals surface area contributed by atoms with E-state index in [9.17, 15) is 0 Å². The predicted octanol–water partition coefficient (Wildman–Crippen LogP) is 16.9. The van der Waals surface area contributed by atoms with Crippen LogP contribution in [0.5, 0.6) is 0 Å². The van der Waals surface area contributed by atoms with E-state index in [1.165, 1.54) is 97.8 Å². The third-order valence-electron chi connectivity index (χ3n) is 15.0. The maximum atomic E-state index is 6.00. The van der Waals surface area contributed by atoms with Gasteiger partial charge in [0.15, 0.2) is 0 Å². The fourth-order valence-electron chi connectivity index (χ4n) is 9.90. The SMILES string of the molecule is CCC1(COCCCCCCCCc2ccc(N(c3ccccc3)c3ccc(-c4ccc(N(c5ccccc5)c5ccc(CCCCCCCCOCC6(CC)COC6)cc5)cc4)cc3)cc2)COC1. The molecular formula is C64H80N2O4. The Morgan fingerprint density at radius 3 is 0.971 bits per heavy atom. The molecule has 0 aromatic heterocycles. The number of para-hydroxylation sites is 2. The predicted molar refractivity (Wildman–Crippen MR) is 293 cm³/mol. The Bertz CT molecular complexity index is 2180. The second kappa shape index (κ2) is 26.8. The minimum atomic E-state index is 0.295. The van der Waals surface area contributed by atoms with E-state index in [0.717, 1.165) is 114 Å². The smallest absolute Gasteiger partial charge is 0.0566 e. The molecule has 0 unspecified atom stereocenters. The van der Waals surface area contributed by atoms with Gasteiger partial charge in [0, 0.05) is 58.2 Å². The molecule has 2 aliphatic heterocycles. The normalized spacial score (nSPS) is 14.7. The average molecular weight is 941 g/mol. The summed E-state index contributed by atoms with van der Waals surface area (Å²) < 4.78 is 22.8. The minimum absolute atomic E-state index is 0.295. The van der Waals surface area contributed by atoms with Gasteiger partial charge in [-0.2, -0.15) is 0 Å². The van der Waals surface area contributed by atoms with E-state index in [1.807, 2.05) is 0 Å². The number of hydrogen-bond donors (Lipinski definition) is 0. The Kier molecular flexibility index (Phi) is 19.6. The lowest BCUT2D eigenvalue weighted by molar-refractivity contribution is -0.150. The lowest BCUT2D eigenvalue weighted by atomic mass is 9.84. The van der Waals surface area contributed by atoms with Gasteiger partial charge in [-0.05, 0) is 146 Å². The second-order valence-electron chi connectivity index (χ2n) is 20.3. The van der Waals surface area contributed by atoms with E-state index in [4.69, 9.17) is 18.9 Å². The molecule has 0 N–H and O–H groups in total. The van der Waals surface area contributed by atoms with Crippen molar-refractivity contribution >= 4 is 34.1 Å². The van der Waals surface area contributed by atoms with Gasteiger partial charge in [-0.15, -0.1) is 0 Å². The summed E-state index contributed by atoms with van der Waals surface area (Å²) >= 11 is 0. The van der Waals surface area contributed by atoms with Crippen molar-refractivity contribution in [3.05, 3.63) is 169 Å². The molecule has 8 rings (SSSR count). The molecule has 2 aliphatic rings. The topological polar surface area (TPSA) is 43.4 Å². The highest BCUT2D eigenvalue weighted by molar-refractivity contribution is 5.80. The summed E-state index contributed by atoms with van der Waals surface area (Å²) in [5, 5.41) is 0. The van der Waals surface area contributed by atoms with Crippen LogP contribution in [-0.2, 0) is 31.8 Å². The molecule has 0 saturated carbocycles. The highest BCUT2D eigenvalue weighted by atomic mass is 16.5. The number of unbranched alkanes of at least 4 members (excludes halogenated alkanes) is 10. The minimum Gasteiger partial charge on any atom is -0.381 e. The molecule has 6 aromatic carbocycles. The van der Waals surface area contributed by atoms with Crippen molar-refractivity contribution in [2.45, 2.75) is 117 Å². The Balaban J connectivity index is 0.810. The van der Waals surface area contributed by atoms with Crippen LogP contribution in [0, 0.1) is 10.8 Å². The monoisotopic (exact) mass is 941 g/mol. The van der Waals surface area contributed by atoms with Crippen LogP contribution in [0.3, 0.4) is 0 Å². The van der Waals surface area contributed by atoms with Crippen LogP contribution in [0.4, 0.5) is 34.1 Å². The molecule has 0 spiro atoms. The van der Waals surface area contributed by atoms with E-state index in [0.29, 0.717) is 10.8 Å². The summed E-state index contributed by atoms with van der Waals surface area (Å²) in [6.07, 6.45) is 19.6. The quantitative estimate of drug-likeness (QED) is 0.0405. The second-order valence-corrected chi connectivity index (χ2v) is 20.3. The van der Waals surface area contributed by atoms with Gasteiger partial charge < -0.3 is 28.7 Å². The van der Waals surface area contributed by atoms with Crippen LogP contribution in [-0.4, -0.2) is 52.9 Å². The van der Waals surface area contributed by atoms with E-state index in [-0.39, 0.29) is 0 Å². The van der Waals surface area contributed by atoms with E-state index in [1.54, 1.807) is 0 Å². The lowest BCUT2D eigenvalue weighted by Crippen LogP contribution is -2.45. The zero-order valence-electron chi connectivity index (χ0n) is 42.5. The van der Waals surface area contributed by atoms with Crippen LogP contribution in [0.1, 0.15) is 115 Å². The van der Waals surface area contributed by atoms with E-state index >= 15 is 0 Å². The van der Waals surface area contributed by atoms with Crippen molar-refractivity contribution in [3.63, 3.8) is 0 Å². The summed E-state index contributed by atoms with van der Waals surface area (Å²) in [5.41, 5.74) is 12.7. The molecule has 0 aliphatic carbocycles. The summed E-state index contributed by atoms with van der Waals surface area (Å²) in [5.74, 6) is 0. The van der Waals surface area contributed by atoms with Crippen LogP contribution < -0.4 is 9.80 Å². The summed E-state index contributed by atoms with van der Waals surface area (Å²) in [6.45, 7) is 11.4. The fraction of sp³-hybridized carbons (Fsp3) is 0.438. The lowest BCUT2D eigenvalue weighted by Gasteiger charge is -2.40. The van der Waals surface area contributed by atoms with Gasteiger partial charge in [-0.25, -0.2) is 0 Å². The van der Waals surface area contributed by atoms with Gasteiger partial charge in [0.2, 0.25) is 0 Å². The first-order chi connectivity index (χ1) is 34.6. The highest BCUT2D eigenvalue weighted by Crippen LogP contribution is 2.39. The van der Waals surface area contributed by atoms with Crippen molar-refractivity contribution in [3.8, 4) is 11.1 Å². The van der Waals surface area contributed by atoms with Gasteiger partial charge in [0.05, 0.1) is 39.6 Å². The van der Waals surface area contributed by atoms with Crippen molar-refractivity contribution in [1.29, 1.82) is 0 Å². The van der Waals surface area contributed by atoms with Crippen molar-refractivity contribution in [2.75, 3.05) is 62.7 Å². The van der Waals surface area contributed by atoms with Gasteiger partial charge in [0.25, 0.3) is 0 Å². The van der Waals surface area contributed by atoms with Gasteiger partial charge >= 0.3 is 0 Å². The zero-order valence-corrected chi connectivity index (χ0v) is 42.5. The molecule has 0 atom stereocenters. The molecule has 0 radical (unpaired) electrons. The average Bonchev–Trinajstić information content (AvgIpc) is 3.38. The molecule has 6 heteroatoms. The fourth-order valence-corrected chi connectivity index (χ4v) is 9.90. The number of benzene rings is 6. The summed E-state index contributed by atoms with van der Waals surface area (Å²) in [6, 6.07) is 57.9. The molecule has 2 saturated heterocycles. The number of nitrogens with zero attached hydrogens (tertiary/aromatic N) is 2. The molecule has 2 heterocycles. The highest BCUT2D eigenvalue weighted by Gasteiger charge is 2.37. The van der Waals surface area contributed by atoms with Gasteiger partial charge in [-0.3, -0.25) is 0 Å². The third-order valence-corrected chi connectivity index (χ3v) is 15.0. The summed E-state index contributed by atoms with van der Waals surface area (Å²) in [7, 11) is 0.